The summed E-state index contributed by atoms with van der Waals surface area (Å²) in [6, 6.07) is 0. The third kappa shape index (κ3) is 75.5. The van der Waals surface area contributed by atoms with Gasteiger partial charge in [0.15, 0.2) is 12.2 Å². The van der Waals surface area contributed by atoms with Crippen LogP contribution in [0.25, 0.3) is 0 Å². The lowest BCUT2D eigenvalue weighted by atomic mass is 9.99. The van der Waals surface area contributed by atoms with E-state index in [1.54, 1.807) is 0 Å². The molecular formula is C85H166O17P2. The maximum Gasteiger partial charge on any atom is 0.472 e. The van der Waals surface area contributed by atoms with E-state index in [1.807, 2.05) is 0 Å². The lowest BCUT2D eigenvalue weighted by molar-refractivity contribution is -0.161. The van der Waals surface area contributed by atoms with Gasteiger partial charge in [0, 0.05) is 25.7 Å². The molecule has 0 aliphatic carbocycles. The summed E-state index contributed by atoms with van der Waals surface area (Å²) in [5.74, 6) is 1.12. The van der Waals surface area contributed by atoms with E-state index in [9.17, 15) is 43.2 Å². The Kier molecular flexibility index (Phi) is 72.5. The number of hydrogen-bond acceptors (Lipinski definition) is 15. The number of carbonyl (C=O) groups is 4. The van der Waals surface area contributed by atoms with Gasteiger partial charge in [-0.2, -0.15) is 0 Å². The minimum Gasteiger partial charge on any atom is -0.462 e. The Bertz CT molecular complexity index is 2030. The van der Waals surface area contributed by atoms with E-state index < -0.39 is 97.5 Å². The summed E-state index contributed by atoms with van der Waals surface area (Å²) >= 11 is 0. The highest BCUT2D eigenvalue weighted by molar-refractivity contribution is 7.47. The van der Waals surface area contributed by atoms with Crippen LogP contribution in [-0.4, -0.2) is 96.7 Å². The van der Waals surface area contributed by atoms with E-state index in [-0.39, 0.29) is 25.7 Å². The van der Waals surface area contributed by atoms with Crippen LogP contribution in [0.3, 0.4) is 0 Å². The molecular weight excluding hydrogens is 1350 g/mol. The second-order valence-corrected chi connectivity index (χ2v) is 34.9. The number of ether oxygens (including phenoxy) is 4. The molecule has 0 saturated carbocycles. The van der Waals surface area contributed by atoms with Gasteiger partial charge in [-0.15, -0.1) is 0 Å². The number of hydrogen-bond donors (Lipinski definition) is 3. The fourth-order valence-electron chi connectivity index (χ4n) is 13.1. The van der Waals surface area contributed by atoms with Gasteiger partial charge in [-0.25, -0.2) is 9.13 Å². The summed E-state index contributed by atoms with van der Waals surface area (Å²) < 4.78 is 68.9. The molecule has 0 aliphatic rings. The first-order valence-corrected chi connectivity index (χ1v) is 46.8. The Hall–Kier alpha value is -1.94. The fourth-order valence-corrected chi connectivity index (χ4v) is 14.7. The van der Waals surface area contributed by atoms with Crippen LogP contribution in [0, 0.1) is 23.7 Å². The number of phosphoric ester groups is 2. The summed E-state index contributed by atoms with van der Waals surface area (Å²) in [5, 5.41) is 10.7. The van der Waals surface area contributed by atoms with E-state index >= 15 is 0 Å². The van der Waals surface area contributed by atoms with Crippen LogP contribution in [0.4, 0.5) is 0 Å². The monoisotopic (exact) mass is 1520 g/mol. The molecule has 4 unspecified atom stereocenters. The number of carbonyl (C=O) groups excluding carboxylic acids is 4. The van der Waals surface area contributed by atoms with E-state index in [4.69, 9.17) is 37.0 Å². The van der Waals surface area contributed by atoms with E-state index in [1.165, 1.54) is 244 Å². The Morgan fingerprint density at radius 1 is 0.269 bits per heavy atom. The van der Waals surface area contributed by atoms with Crippen molar-refractivity contribution in [2.24, 2.45) is 23.7 Å². The molecule has 0 aliphatic heterocycles. The van der Waals surface area contributed by atoms with Crippen LogP contribution in [0.5, 0.6) is 0 Å². The predicted octanol–water partition coefficient (Wildman–Crippen LogP) is 25.6. The van der Waals surface area contributed by atoms with E-state index in [0.717, 1.165) is 114 Å². The molecule has 0 saturated heterocycles. The minimum atomic E-state index is -4.97. The standard InChI is InChI=1S/C85H166O17P2/c1-9-77(7)63-55-47-39-31-23-17-11-13-19-25-33-41-49-57-65-82(87)95-71-80(101-84(89)67-59-51-43-34-26-20-14-12-18-24-32-40-48-56-64-78(8)10-2)73-99-103(91,92)97-69-79(86)70-98-104(93,94)100-74-81(72-96-83(88)66-58-50-42-36-28-30-38-46-54-62-76(5)6)102-85(90)68-60-52-44-35-27-21-15-16-22-29-37-45-53-61-75(3)4/h75-81,86H,9-74H2,1-8H3,(H,91,92)(H,93,94)/t77?,78?,79-,80-,81-/m1/s1. The van der Waals surface area contributed by atoms with Gasteiger partial charge >= 0.3 is 39.5 Å². The second-order valence-electron chi connectivity index (χ2n) is 32.0. The molecule has 0 aromatic heterocycles. The van der Waals surface area contributed by atoms with Gasteiger partial charge in [0.25, 0.3) is 0 Å². The molecule has 0 amide bonds. The second kappa shape index (κ2) is 73.8. The number of aliphatic hydroxyl groups is 1. The highest BCUT2D eigenvalue weighted by atomic mass is 31.2. The lowest BCUT2D eigenvalue weighted by Crippen LogP contribution is -2.30. The SMILES string of the molecule is CCC(C)CCCCCCCCCCCCCCCCC(=O)OC[C@H](COP(=O)(O)OC[C@@H](O)COP(=O)(O)OC[C@@H](COC(=O)CCCCCCCCCCCC(C)C)OC(=O)CCCCCCCCCCCCCCCC(C)C)OC(=O)CCCCCCCCCCCCCCCCC(C)CC. The van der Waals surface area contributed by atoms with Crippen molar-refractivity contribution in [2.75, 3.05) is 39.6 Å². The van der Waals surface area contributed by atoms with Crippen molar-refractivity contribution in [3.63, 3.8) is 0 Å². The molecule has 104 heavy (non-hydrogen) atoms. The lowest BCUT2D eigenvalue weighted by Gasteiger charge is -2.21. The molecule has 0 heterocycles. The number of esters is 4. The van der Waals surface area contributed by atoms with Crippen molar-refractivity contribution >= 4 is 39.5 Å². The third-order valence-corrected chi connectivity index (χ3v) is 22.4. The van der Waals surface area contributed by atoms with Crippen molar-refractivity contribution in [1.82, 2.24) is 0 Å². The molecule has 0 rings (SSSR count). The maximum atomic E-state index is 13.1. The molecule has 0 aromatic carbocycles. The van der Waals surface area contributed by atoms with Crippen LogP contribution in [0.15, 0.2) is 0 Å². The maximum absolute atomic E-state index is 13.1. The Labute approximate surface area is 638 Å². The Morgan fingerprint density at radius 2 is 0.462 bits per heavy atom. The zero-order chi connectivity index (χ0) is 76.7. The quantitative estimate of drug-likeness (QED) is 0.0222. The van der Waals surface area contributed by atoms with Crippen molar-refractivity contribution in [3.05, 3.63) is 0 Å². The zero-order valence-corrected chi connectivity index (χ0v) is 70.5. The van der Waals surface area contributed by atoms with Gasteiger partial charge in [0.1, 0.15) is 19.3 Å². The van der Waals surface area contributed by atoms with Crippen LogP contribution in [0.2, 0.25) is 0 Å². The van der Waals surface area contributed by atoms with E-state index in [0.29, 0.717) is 25.7 Å². The first kappa shape index (κ1) is 102. The predicted molar refractivity (Wildman–Crippen MR) is 428 cm³/mol. The smallest absolute Gasteiger partial charge is 0.462 e. The highest BCUT2D eigenvalue weighted by Gasteiger charge is 2.30. The summed E-state index contributed by atoms with van der Waals surface area (Å²) in [6.07, 6.45) is 62.2. The van der Waals surface area contributed by atoms with Gasteiger partial charge in [-0.1, -0.05) is 389 Å². The van der Waals surface area contributed by atoms with Gasteiger partial charge in [0.05, 0.1) is 26.4 Å². The van der Waals surface area contributed by atoms with Gasteiger partial charge in [0.2, 0.25) is 0 Å². The van der Waals surface area contributed by atoms with Crippen molar-refractivity contribution in [3.8, 4) is 0 Å². The number of rotatable bonds is 82. The van der Waals surface area contributed by atoms with Crippen LogP contribution < -0.4 is 0 Å². The molecule has 0 fully saturated rings. The Balaban J connectivity index is 5.27. The molecule has 0 spiro atoms. The van der Waals surface area contributed by atoms with Gasteiger partial charge < -0.3 is 33.8 Å². The van der Waals surface area contributed by atoms with Crippen molar-refractivity contribution < 1.29 is 80.2 Å². The molecule has 0 aromatic rings. The summed E-state index contributed by atoms with van der Waals surface area (Å²) in [6.45, 7) is 14.4. The van der Waals surface area contributed by atoms with Gasteiger partial charge in [-0.05, 0) is 49.4 Å². The minimum absolute atomic E-state index is 0.107. The largest absolute Gasteiger partial charge is 0.472 e. The third-order valence-electron chi connectivity index (χ3n) is 20.5. The topological polar surface area (TPSA) is 237 Å². The number of unbranched alkanes of at least 4 members (excludes halogenated alkanes) is 46. The summed E-state index contributed by atoms with van der Waals surface area (Å²) in [7, 11) is -9.93. The molecule has 19 heteroatoms. The number of phosphoric acid groups is 2. The molecule has 618 valence electrons. The van der Waals surface area contributed by atoms with E-state index in [2.05, 4.69) is 55.4 Å². The van der Waals surface area contributed by atoms with Gasteiger partial charge in [-0.3, -0.25) is 37.3 Å². The summed E-state index contributed by atoms with van der Waals surface area (Å²) in [5.41, 5.74) is 0. The normalized spacial score (nSPS) is 14.5. The first-order chi connectivity index (χ1) is 50.2. The van der Waals surface area contributed by atoms with Crippen LogP contribution in [-0.2, 0) is 65.4 Å². The first-order valence-electron chi connectivity index (χ1n) is 43.8. The fraction of sp³-hybridized carbons (Fsp3) is 0.953. The van der Waals surface area contributed by atoms with Crippen molar-refractivity contribution in [2.45, 2.75) is 459 Å². The van der Waals surface area contributed by atoms with Crippen LogP contribution >= 0.6 is 15.6 Å². The van der Waals surface area contributed by atoms with Crippen LogP contribution in [0.1, 0.15) is 441 Å². The Morgan fingerprint density at radius 3 is 0.683 bits per heavy atom. The molecule has 3 N–H and O–H groups in total. The average molecular weight is 1520 g/mol. The van der Waals surface area contributed by atoms with Crippen molar-refractivity contribution in [1.29, 1.82) is 0 Å². The molecule has 7 atom stereocenters. The zero-order valence-electron chi connectivity index (χ0n) is 68.7. The number of aliphatic hydroxyl groups excluding tert-OH is 1. The molecule has 0 radical (unpaired) electrons. The summed E-state index contributed by atoms with van der Waals surface area (Å²) in [4.78, 5) is 73.2. The average Bonchev–Trinajstić information content (AvgIpc) is 0.912. The molecule has 0 bridgehead atoms. The highest BCUT2D eigenvalue weighted by Crippen LogP contribution is 2.45. The molecule has 17 nitrogen and oxygen atoms in total.